The molecule has 0 fully saturated rings. The van der Waals surface area contributed by atoms with Gasteiger partial charge in [-0.2, -0.15) is 9.97 Å². The summed E-state index contributed by atoms with van der Waals surface area (Å²) in [4.78, 5) is 19.8. The number of para-hydroxylation sites is 1. The minimum atomic E-state index is -0.322. The molecule has 0 N–H and O–H groups in total. The largest absolute Gasteiger partial charge is 0.281 e. The number of benzene rings is 3. The Balaban J connectivity index is 1.58. The predicted molar refractivity (Wildman–Crippen MR) is 143 cm³/mol. The molecule has 0 atom stereocenters. The molecule has 7 rings (SSSR count). The van der Waals surface area contributed by atoms with Gasteiger partial charge in [0.15, 0.2) is 11.6 Å². The van der Waals surface area contributed by atoms with Gasteiger partial charge in [-0.1, -0.05) is 84.9 Å². The summed E-state index contributed by atoms with van der Waals surface area (Å²) in [5.41, 5.74) is 7.28. The topological polar surface area (TPSA) is 56.5 Å². The molecule has 1 aliphatic rings. The van der Waals surface area contributed by atoms with E-state index in [0.717, 1.165) is 28.0 Å². The van der Waals surface area contributed by atoms with E-state index in [2.05, 4.69) is 48.7 Å². The average Bonchev–Trinajstić information content (AvgIpc) is 3.40. The van der Waals surface area contributed by atoms with Gasteiger partial charge in [0, 0.05) is 44.9 Å². The lowest BCUT2D eigenvalue weighted by Gasteiger charge is -2.23. The van der Waals surface area contributed by atoms with Crippen LogP contribution in [0.15, 0.2) is 103 Å². The van der Waals surface area contributed by atoms with Crippen molar-refractivity contribution in [3.05, 3.63) is 115 Å². The van der Waals surface area contributed by atoms with Crippen LogP contribution in [-0.4, -0.2) is 24.5 Å². The van der Waals surface area contributed by atoms with Gasteiger partial charge < -0.3 is 0 Å². The van der Waals surface area contributed by atoms with Crippen LogP contribution in [0.3, 0.4) is 0 Å². The van der Waals surface area contributed by atoms with Crippen LogP contribution < -0.4 is 0 Å². The maximum absolute atomic E-state index is 5.05. The van der Waals surface area contributed by atoms with Gasteiger partial charge in [0.1, 0.15) is 0 Å². The maximum atomic E-state index is 5.05. The monoisotopic (exact) mass is 465 g/mol. The summed E-state index contributed by atoms with van der Waals surface area (Å²) in [5.74, 6) is 1.91. The molecule has 0 unspecified atom stereocenters. The van der Waals surface area contributed by atoms with Gasteiger partial charge in [0.25, 0.3) is 0 Å². The quantitative estimate of drug-likeness (QED) is 0.287. The smallest absolute Gasteiger partial charge is 0.238 e. The van der Waals surface area contributed by atoms with Gasteiger partial charge >= 0.3 is 0 Å². The number of fused-ring (bicyclic) bond motifs is 5. The Bertz CT molecular complexity index is 1690. The third kappa shape index (κ3) is 2.96. The SMILES string of the molecule is CC1(C)c2ncccc2-c2c1n(-c1nc(-c3ccccc3)nc(-c3ccccc3)n1)c1ccccc21. The Morgan fingerprint density at radius 2 is 1.25 bits per heavy atom. The minimum Gasteiger partial charge on any atom is -0.281 e. The summed E-state index contributed by atoms with van der Waals surface area (Å²) in [7, 11) is 0. The van der Waals surface area contributed by atoms with E-state index in [9.17, 15) is 0 Å². The summed E-state index contributed by atoms with van der Waals surface area (Å²) in [5, 5.41) is 1.18. The molecule has 3 heterocycles. The molecule has 172 valence electrons. The Kier molecular flexibility index (Phi) is 4.42. The molecule has 5 heteroatoms. The van der Waals surface area contributed by atoms with Gasteiger partial charge in [-0.15, -0.1) is 0 Å². The highest BCUT2D eigenvalue weighted by atomic mass is 15.2. The highest BCUT2D eigenvalue weighted by Gasteiger charge is 2.42. The molecule has 0 spiro atoms. The molecule has 36 heavy (non-hydrogen) atoms. The Morgan fingerprint density at radius 1 is 0.639 bits per heavy atom. The maximum Gasteiger partial charge on any atom is 0.238 e. The molecule has 5 nitrogen and oxygen atoms in total. The lowest BCUT2D eigenvalue weighted by Crippen LogP contribution is -2.22. The first-order chi connectivity index (χ1) is 17.6. The molecule has 0 radical (unpaired) electrons. The van der Waals surface area contributed by atoms with Crippen molar-refractivity contribution in [2.75, 3.05) is 0 Å². The van der Waals surface area contributed by atoms with E-state index in [4.69, 9.17) is 19.9 Å². The van der Waals surface area contributed by atoms with E-state index in [1.54, 1.807) is 0 Å². The summed E-state index contributed by atoms with van der Waals surface area (Å²) < 4.78 is 2.22. The van der Waals surface area contributed by atoms with Crippen molar-refractivity contribution in [3.63, 3.8) is 0 Å². The Labute approximate surface area is 209 Å². The standard InChI is InChI=1S/C31H23N5/c1-31(2)26-23(17-11-19-32-26)25-22-16-9-10-18-24(22)36(27(25)31)30-34-28(20-12-5-3-6-13-20)33-29(35-30)21-14-7-4-8-15-21/h3-19H,1-2H3. The summed E-state index contributed by atoms with van der Waals surface area (Å²) in [6.07, 6.45) is 1.88. The second-order valence-electron chi connectivity index (χ2n) is 9.62. The van der Waals surface area contributed by atoms with E-state index in [1.165, 1.54) is 16.5 Å². The molecule has 0 saturated heterocycles. The molecule has 0 saturated carbocycles. The normalized spacial score (nSPS) is 13.5. The minimum absolute atomic E-state index is 0.322. The predicted octanol–water partition coefficient (Wildman–Crippen LogP) is 6.85. The Hall–Kier alpha value is -4.64. The van der Waals surface area contributed by atoms with Crippen LogP contribution >= 0.6 is 0 Å². The van der Waals surface area contributed by atoms with Crippen LogP contribution in [0.1, 0.15) is 25.2 Å². The van der Waals surface area contributed by atoms with Gasteiger partial charge in [-0.05, 0) is 26.0 Å². The molecular weight excluding hydrogens is 442 g/mol. The highest BCUT2D eigenvalue weighted by molar-refractivity contribution is 6.02. The van der Waals surface area contributed by atoms with Crippen molar-refractivity contribution in [1.29, 1.82) is 0 Å². The number of hydrogen-bond donors (Lipinski definition) is 0. The Morgan fingerprint density at radius 3 is 1.92 bits per heavy atom. The molecule has 6 aromatic rings. The second-order valence-corrected chi connectivity index (χ2v) is 9.62. The summed E-state index contributed by atoms with van der Waals surface area (Å²) in [6, 6.07) is 32.9. The van der Waals surface area contributed by atoms with Crippen LogP contribution in [-0.2, 0) is 5.41 Å². The average molecular weight is 466 g/mol. The summed E-state index contributed by atoms with van der Waals surface area (Å²) >= 11 is 0. The zero-order chi connectivity index (χ0) is 24.3. The molecule has 0 amide bonds. The fourth-order valence-electron chi connectivity index (χ4n) is 5.43. The zero-order valence-electron chi connectivity index (χ0n) is 20.1. The van der Waals surface area contributed by atoms with Crippen molar-refractivity contribution < 1.29 is 0 Å². The number of rotatable bonds is 3. The first kappa shape index (κ1) is 20.7. The first-order valence-electron chi connectivity index (χ1n) is 12.1. The van der Waals surface area contributed by atoms with E-state index in [0.29, 0.717) is 17.6 Å². The van der Waals surface area contributed by atoms with E-state index < -0.39 is 0 Å². The molecular formula is C31H23N5. The van der Waals surface area contributed by atoms with Crippen LogP contribution in [0.5, 0.6) is 0 Å². The third-order valence-corrected chi connectivity index (χ3v) is 7.02. The van der Waals surface area contributed by atoms with Gasteiger partial charge in [-0.25, -0.2) is 4.98 Å². The first-order valence-corrected chi connectivity index (χ1v) is 12.1. The fourth-order valence-corrected chi connectivity index (χ4v) is 5.43. The van der Waals surface area contributed by atoms with E-state index in [1.807, 2.05) is 72.9 Å². The zero-order valence-corrected chi connectivity index (χ0v) is 20.1. The molecule has 1 aliphatic carbocycles. The van der Waals surface area contributed by atoms with Crippen molar-refractivity contribution in [3.8, 4) is 39.9 Å². The number of pyridine rings is 1. The molecule has 3 aromatic heterocycles. The van der Waals surface area contributed by atoms with Crippen LogP contribution in [0, 0.1) is 0 Å². The van der Waals surface area contributed by atoms with E-state index in [-0.39, 0.29) is 5.41 Å². The highest BCUT2D eigenvalue weighted by Crippen LogP contribution is 2.52. The number of hydrogen-bond acceptors (Lipinski definition) is 4. The van der Waals surface area contributed by atoms with Crippen LogP contribution in [0.4, 0.5) is 0 Å². The second kappa shape index (κ2) is 7.68. The van der Waals surface area contributed by atoms with Gasteiger partial charge in [0.2, 0.25) is 5.95 Å². The third-order valence-electron chi connectivity index (χ3n) is 7.02. The van der Waals surface area contributed by atoms with Crippen molar-refractivity contribution in [2.45, 2.75) is 19.3 Å². The lowest BCUT2D eigenvalue weighted by atomic mass is 9.89. The molecule has 0 bridgehead atoms. The lowest BCUT2D eigenvalue weighted by molar-refractivity contribution is 0.599. The van der Waals surface area contributed by atoms with Gasteiger partial charge in [0.05, 0.1) is 11.2 Å². The summed E-state index contributed by atoms with van der Waals surface area (Å²) in [6.45, 7) is 4.47. The van der Waals surface area contributed by atoms with Crippen molar-refractivity contribution in [1.82, 2.24) is 24.5 Å². The number of nitrogens with zero attached hydrogens (tertiary/aromatic N) is 5. The van der Waals surface area contributed by atoms with Crippen LogP contribution in [0.2, 0.25) is 0 Å². The van der Waals surface area contributed by atoms with Gasteiger partial charge in [-0.3, -0.25) is 9.55 Å². The van der Waals surface area contributed by atoms with Crippen molar-refractivity contribution >= 4 is 10.9 Å². The molecule has 3 aromatic carbocycles. The van der Waals surface area contributed by atoms with Crippen molar-refractivity contribution in [2.24, 2.45) is 0 Å². The number of aromatic nitrogens is 5. The molecule has 0 aliphatic heterocycles. The van der Waals surface area contributed by atoms with Crippen LogP contribution in [0.25, 0.3) is 50.8 Å². The van der Waals surface area contributed by atoms with E-state index >= 15 is 0 Å². The fraction of sp³-hybridized carbons (Fsp3) is 0.0968.